The van der Waals surface area contributed by atoms with E-state index in [1.54, 1.807) is 24.3 Å². The van der Waals surface area contributed by atoms with Crippen molar-refractivity contribution in [1.29, 1.82) is 0 Å². The quantitative estimate of drug-likeness (QED) is 0.470. The fraction of sp³-hybridized carbons (Fsp3) is 0.500. The van der Waals surface area contributed by atoms with Gasteiger partial charge in [0, 0.05) is 24.2 Å². The molecule has 3 N–H and O–H groups in total. The Balaban J connectivity index is 2.46. The van der Waals surface area contributed by atoms with E-state index in [0.29, 0.717) is 24.2 Å². The fourth-order valence-electron chi connectivity index (χ4n) is 2.14. The van der Waals surface area contributed by atoms with Crippen LogP contribution in [-0.2, 0) is 4.79 Å². The lowest BCUT2D eigenvalue weighted by Crippen LogP contribution is -2.34. The number of unbranched alkanes of at least 4 members (excludes halogenated alkanes) is 3. The maximum absolute atomic E-state index is 11.9. The Bertz CT molecular complexity index is 561. The van der Waals surface area contributed by atoms with Crippen LogP contribution >= 0.6 is 12.2 Å². The van der Waals surface area contributed by atoms with Gasteiger partial charge in [0.15, 0.2) is 5.11 Å². The van der Waals surface area contributed by atoms with Crippen LogP contribution in [0.3, 0.4) is 0 Å². The summed E-state index contributed by atoms with van der Waals surface area (Å²) in [6, 6.07) is 7.03. The first-order valence-electron chi connectivity index (χ1n) is 8.56. The Kier molecular flexibility index (Phi) is 9.68. The Morgan fingerprint density at radius 1 is 1.08 bits per heavy atom. The summed E-state index contributed by atoms with van der Waals surface area (Å²) in [4.78, 5) is 23.7. The molecule has 0 unspecified atom stereocenters. The lowest BCUT2D eigenvalue weighted by molar-refractivity contribution is -0.119. The van der Waals surface area contributed by atoms with Crippen molar-refractivity contribution < 1.29 is 9.59 Å². The number of nitrogens with one attached hydrogen (secondary N) is 3. The monoisotopic (exact) mass is 349 g/mol. The minimum atomic E-state index is -0.119. The number of hydrogen-bond donors (Lipinski definition) is 3. The van der Waals surface area contributed by atoms with E-state index in [2.05, 4.69) is 22.9 Å². The molecule has 0 saturated carbocycles. The van der Waals surface area contributed by atoms with Gasteiger partial charge in [-0.15, -0.1) is 0 Å². The van der Waals surface area contributed by atoms with Crippen molar-refractivity contribution in [3.63, 3.8) is 0 Å². The number of benzene rings is 1. The Hall–Kier alpha value is -1.95. The zero-order chi connectivity index (χ0) is 17.8. The summed E-state index contributed by atoms with van der Waals surface area (Å²) in [5.41, 5.74) is 1.23. The zero-order valence-corrected chi connectivity index (χ0v) is 15.3. The van der Waals surface area contributed by atoms with E-state index in [4.69, 9.17) is 12.2 Å². The molecule has 1 rings (SSSR count). The van der Waals surface area contributed by atoms with Crippen LogP contribution in [0.15, 0.2) is 24.3 Å². The molecule has 1 aromatic carbocycles. The van der Waals surface area contributed by atoms with Crippen LogP contribution in [0.4, 0.5) is 5.69 Å². The van der Waals surface area contributed by atoms with Gasteiger partial charge in [-0.3, -0.25) is 9.59 Å². The molecule has 5 nitrogen and oxygen atoms in total. The largest absolute Gasteiger partial charge is 0.352 e. The number of thiocarbonyl (C=S) groups is 1. The van der Waals surface area contributed by atoms with Gasteiger partial charge in [-0.1, -0.05) is 39.2 Å². The summed E-state index contributed by atoms with van der Waals surface area (Å²) in [6.45, 7) is 4.78. The van der Waals surface area contributed by atoms with E-state index in [1.807, 2.05) is 6.92 Å². The molecule has 2 amide bonds. The molecule has 6 heteroatoms. The standard InChI is InChI=1S/C18H27N3O2S/c1-3-5-6-7-11-16(22)21-18(24)20-15-10-8-9-14(13-15)17(23)19-12-4-2/h8-10,13H,3-7,11-12H2,1-2H3,(H,19,23)(H2,20,21,22,24). The molecule has 0 saturated heterocycles. The van der Waals surface area contributed by atoms with E-state index >= 15 is 0 Å². The number of carbonyl (C=O) groups excluding carboxylic acids is 2. The lowest BCUT2D eigenvalue weighted by Gasteiger charge is -2.11. The van der Waals surface area contributed by atoms with Crippen molar-refractivity contribution in [2.24, 2.45) is 0 Å². The van der Waals surface area contributed by atoms with Crippen molar-refractivity contribution >= 4 is 34.8 Å². The molecular formula is C18H27N3O2S. The van der Waals surface area contributed by atoms with Gasteiger partial charge in [0.05, 0.1) is 0 Å². The Morgan fingerprint density at radius 3 is 2.58 bits per heavy atom. The molecule has 132 valence electrons. The second-order valence-corrected chi connectivity index (χ2v) is 6.06. The molecule has 1 aromatic rings. The molecule has 0 heterocycles. The van der Waals surface area contributed by atoms with Gasteiger partial charge in [-0.25, -0.2) is 0 Å². The first kappa shape index (κ1) is 20.1. The fourth-order valence-corrected chi connectivity index (χ4v) is 2.37. The van der Waals surface area contributed by atoms with Gasteiger partial charge in [0.25, 0.3) is 5.91 Å². The highest BCUT2D eigenvalue weighted by Crippen LogP contribution is 2.11. The van der Waals surface area contributed by atoms with Crippen LogP contribution in [0.5, 0.6) is 0 Å². The van der Waals surface area contributed by atoms with E-state index in [0.717, 1.165) is 32.1 Å². The second-order valence-electron chi connectivity index (χ2n) is 5.65. The average Bonchev–Trinajstić information content (AvgIpc) is 2.56. The van der Waals surface area contributed by atoms with E-state index in [1.165, 1.54) is 0 Å². The van der Waals surface area contributed by atoms with Crippen molar-refractivity contribution in [3.8, 4) is 0 Å². The highest BCUT2D eigenvalue weighted by atomic mass is 32.1. The van der Waals surface area contributed by atoms with Crippen LogP contribution in [0.25, 0.3) is 0 Å². The highest BCUT2D eigenvalue weighted by Gasteiger charge is 2.08. The first-order valence-corrected chi connectivity index (χ1v) is 8.96. The minimum Gasteiger partial charge on any atom is -0.352 e. The van der Waals surface area contributed by atoms with Gasteiger partial charge in [-0.05, 0) is 43.3 Å². The minimum absolute atomic E-state index is 0.0829. The van der Waals surface area contributed by atoms with Crippen LogP contribution in [0.2, 0.25) is 0 Å². The summed E-state index contributed by atoms with van der Waals surface area (Å²) in [7, 11) is 0. The smallest absolute Gasteiger partial charge is 0.251 e. The third-order valence-electron chi connectivity index (χ3n) is 3.43. The number of carbonyl (C=O) groups is 2. The third-order valence-corrected chi connectivity index (χ3v) is 3.63. The van der Waals surface area contributed by atoms with E-state index in [9.17, 15) is 9.59 Å². The molecule has 24 heavy (non-hydrogen) atoms. The van der Waals surface area contributed by atoms with Crippen LogP contribution in [0, 0.1) is 0 Å². The third kappa shape index (κ3) is 8.06. The molecule has 0 atom stereocenters. The van der Waals surface area contributed by atoms with Gasteiger partial charge in [-0.2, -0.15) is 0 Å². The molecular weight excluding hydrogens is 322 g/mol. The predicted molar refractivity (Wildman–Crippen MR) is 102 cm³/mol. The number of hydrogen-bond acceptors (Lipinski definition) is 3. The number of rotatable bonds is 9. The molecule has 0 bridgehead atoms. The second kappa shape index (κ2) is 11.6. The SMILES string of the molecule is CCCCCCC(=O)NC(=S)Nc1cccc(C(=O)NCCC)c1. The maximum atomic E-state index is 11.9. The first-order chi connectivity index (χ1) is 11.6. The predicted octanol–water partition coefficient (Wildman–Crippen LogP) is 3.61. The van der Waals surface area contributed by atoms with Gasteiger partial charge >= 0.3 is 0 Å². The Labute approximate surface area is 149 Å². The van der Waals surface area contributed by atoms with Gasteiger partial charge < -0.3 is 16.0 Å². The van der Waals surface area contributed by atoms with Crippen molar-refractivity contribution in [2.75, 3.05) is 11.9 Å². The summed E-state index contributed by atoms with van der Waals surface area (Å²) < 4.78 is 0. The molecule has 0 aliphatic heterocycles. The molecule has 0 fully saturated rings. The van der Waals surface area contributed by atoms with Crippen molar-refractivity contribution in [1.82, 2.24) is 10.6 Å². The van der Waals surface area contributed by atoms with E-state index < -0.39 is 0 Å². The molecule has 0 aliphatic carbocycles. The van der Waals surface area contributed by atoms with Gasteiger partial charge in [0.2, 0.25) is 5.91 Å². The lowest BCUT2D eigenvalue weighted by atomic mass is 10.1. The van der Waals surface area contributed by atoms with Crippen molar-refractivity contribution in [3.05, 3.63) is 29.8 Å². The average molecular weight is 350 g/mol. The summed E-state index contributed by atoms with van der Waals surface area (Å²) in [5, 5.41) is 8.69. The molecule has 0 radical (unpaired) electrons. The number of amides is 2. The van der Waals surface area contributed by atoms with Crippen molar-refractivity contribution in [2.45, 2.75) is 52.4 Å². The summed E-state index contributed by atoms with van der Waals surface area (Å²) >= 11 is 5.15. The normalized spacial score (nSPS) is 10.1. The molecule has 0 spiro atoms. The highest BCUT2D eigenvalue weighted by molar-refractivity contribution is 7.80. The topological polar surface area (TPSA) is 70.2 Å². The van der Waals surface area contributed by atoms with Crippen LogP contribution < -0.4 is 16.0 Å². The van der Waals surface area contributed by atoms with Crippen LogP contribution in [-0.4, -0.2) is 23.5 Å². The summed E-state index contributed by atoms with van der Waals surface area (Å²) in [6.07, 6.45) is 5.57. The molecule has 0 aliphatic rings. The summed E-state index contributed by atoms with van der Waals surface area (Å²) in [5.74, 6) is -0.202. The molecule has 0 aromatic heterocycles. The van der Waals surface area contributed by atoms with Crippen LogP contribution in [0.1, 0.15) is 62.7 Å². The number of anilines is 1. The van der Waals surface area contributed by atoms with E-state index in [-0.39, 0.29) is 16.9 Å². The zero-order valence-electron chi connectivity index (χ0n) is 14.5. The van der Waals surface area contributed by atoms with Gasteiger partial charge in [0.1, 0.15) is 0 Å². The maximum Gasteiger partial charge on any atom is 0.251 e. The Morgan fingerprint density at radius 2 is 1.88 bits per heavy atom.